The third kappa shape index (κ3) is 2.83. The number of ether oxygens (including phenoxy) is 1. The highest BCUT2D eigenvalue weighted by Gasteiger charge is 2.32. The molecule has 1 amide bonds. The van der Waals surface area contributed by atoms with E-state index in [0.29, 0.717) is 6.61 Å². The monoisotopic (exact) mass is 329 g/mol. The van der Waals surface area contributed by atoms with Crippen LogP contribution >= 0.6 is 0 Å². The number of rotatable bonds is 3. The van der Waals surface area contributed by atoms with E-state index < -0.39 is 6.10 Å². The summed E-state index contributed by atoms with van der Waals surface area (Å²) in [5.74, 6) is -0.0478. The number of anilines is 1. The van der Waals surface area contributed by atoms with Gasteiger partial charge in [-0.2, -0.15) is 0 Å². The van der Waals surface area contributed by atoms with Crippen molar-refractivity contribution in [2.75, 3.05) is 11.9 Å². The Morgan fingerprint density at radius 3 is 2.28 bits per heavy atom. The maximum Gasteiger partial charge on any atom is 0.260 e. The summed E-state index contributed by atoms with van der Waals surface area (Å²) in [5, 5.41) is 0. The smallest absolute Gasteiger partial charge is 0.260 e. The van der Waals surface area contributed by atoms with Crippen molar-refractivity contribution in [1.29, 1.82) is 0 Å². The zero-order valence-electron chi connectivity index (χ0n) is 14.1. The summed E-state index contributed by atoms with van der Waals surface area (Å²) in [4.78, 5) is 14.8. The van der Waals surface area contributed by atoms with Gasteiger partial charge in [0, 0.05) is 12.6 Å². The van der Waals surface area contributed by atoms with Crippen molar-refractivity contribution in [3.8, 4) is 11.1 Å². The van der Waals surface area contributed by atoms with E-state index in [2.05, 4.69) is 12.1 Å². The van der Waals surface area contributed by atoms with Crippen LogP contribution in [-0.4, -0.2) is 13.0 Å². The lowest BCUT2D eigenvalue weighted by molar-refractivity contribution is -0.131. The lowest BCUT2D eigenvalue weighted by Gasteiger charge is -2.22. The van der Waals surface area contributed by atoms with E-state index >= 15 is 0 Å². The molecule has 25 heavy (non-hydrogen) atoms. The zero-order valence-corrected chi connectivity index (χ0v) is 14.1. The lowest BCUT2D eigenvalue weighted by Crippen LogP contribution is -2.32. The molecule has 3 aromatic carbocycles. The molecule has 4 rings (SSSR count). The van der Waals surface area contributed by atoms with Gasteiger partial charge in [-0.05, 0) is 22.8 Å². The van der Waals surface area contributed by atoms with Crippen molar-refractivity contribution in [2.45, 2.75) is 12.7 Å². The first-order valence-electron chi connectivity index (χ1n) is 8.37. The predicted molar refractivity (Wildman–Crippen MR) is 99.3 cm³/mol. The molecule has 3 aromatic rings. The Labute approximate surface area is 147 Å². The fraction of sp³-hybridized carbons (Fsp3) is 0.136. The van der Waals surface area contributed by atoms with Crippen LogP contribution in [0.3, 0.4) is 0 Å². The number of benzene rings is 3. The summed E-state index contributed by atoms with van der Waals surface area (Å²) in [6.07, 6.45) is -0.617. The molecule has 1 atom stereocenters. The van der Waals surface area contributed by atoms with Crippen LogP contribution in [-0.2, 0) is 16.1 Å². The number of hydrogen-bond donors (Lipinski definition) is 0. The SMILES string of the molecule is CN1C(=O)C(OCc2ccccc2)c2ccccc2-c2ccccc21. The number of carbonyl (C=O) groups excluding carboxylic acids is 1. The van der Waals surface area contributed by atoms with Crippen molar-refractivity contribution in [3.63, 3.8) is 0 Å². The van der Waals surface area contributed by atoms with Gasteiger partial charge in [-0.15, -0.1) is 0 Å². The van der Waals surface area contributed by atoms with Gasteiger partial charge < -0.3 is 9.64 Å². The molecule has 0 saturated heterocycles. The average molecular weight is 329 g/mol. The summed E-state index contributed by atoms with van der Waals surface area (Å²) in [7, 11) is 1.81. The second-order valence-corrected chi connectivity index (χ2v) is 6.18. The summed E-state index contributed by atoms with van der Waals surface area (Å²) in [6.45, 7) is 0.399. The van der Waals surface area contributed by atoms with E-state index in [1.165, 1.54) is 0 Å². The van der Waals surface area contributed by atoms with Gasteiger partial charge in [0.05, 0.1) is 12.3 Å². The Kier molecular flexibility index (Phi) is 4.08. The summed E-state index contributed by atoms with van der Waals surface area (Å²) < 4.78 is 6.10. The molecular formula is C22H19NO2. The van der Waals surface area contributed by atoms with Crippen LogP contribution in [0, 0.1) is 0 Å². The molecule has 1 aliphatic heterocycles. The van der Waals surface area contributed by atoms with E-state index in [1.54, 1.807) is 4.90 Å². The van der Waals surface area contributed by atoms with Crippen LogP contribution in [0.25, 0.3) is 11.1 Å². The van der Waals surface area contributed by atoms with Crippen LogP contribution in [0.1, 0.15) is 17.2 Å². The third-order valence-electron chi connectivity index (χ3n) is 4.61. The first-order chi connectivity index (χ1) is 12.3. The second kappa shape index (κ2) is 6.54. The van der Waals surface area contributed by atoms with Gasteiger partial charge in [-0.25, -0.2) is 0 Å². The van der Waals surface area contributed by atoms with E-state index in [0.717, 1.165) is 27.9 Å². The molecule has 3 nitrogen and oxygen atoms in total. The van der Waals surface area contributed by atoms with Gasteiger partial charge in [-0.3, -0.25) is 4.79 Å². The minimum absolute atomic E-state index is 0.0478. The molecule has 124 valence electrons. The highest BCUT2D eigenvalue weighted by atomic mass is 16.5. The van der Waals surface area contributed by atoms with E-state index in [4.69, 9.17) is 4.74 Å². The van der Waals surface area contributed by atoms with Gasteiger partial charge >= 0.3 is 0 Å². The summed E-state index contributed by atoms with van der Waals surface area (Å²) in [6, 6.07) is 25.9. The molecule has 0 N–H and O–H groups in total. The molecule has 0 spiro atoms. The van der Waals surface area contributed by atoms with Crippen molar-refractivity contribution < 1.29 is 9.53 Å². The Bertz CT molecular complexity index is 905. The maximum atomic E-state index is 13.1. The highest BCUT2D eigenvalue weighted by molar-refractivity contribution is 6.04. The number of nitrogens with zero attached hydrogens (tertiary/aromatic N) is 1. The van der Waals surface area contributed by atoms with E-state index in [-0.39, 0.29) is 5.91 Å². The Morgan fingerprint density at radius 2 is 1.48 bits per heavy atom. The second-order valence-electron chi connectivity index (χ2n) is 6.18. The maximum absolute atomic E-state index is 13.1. The fourth-order valence-electron chi connectivity index (χ4n) is 3.31. The molecule has 3 heteroatoms. The third-order valence-corrected chi connectivity index (χ3v) is 4.61. The number of para-hydroxylation sites is 1. The molecule has 0 aliphatic carbocycles. The molecule has 0 radical (unpaired) electrons. The quantitative estimate of drug-likeness (QED) is 0.703. The molecule has 1 aliphatic rings. The molecule has 1 heterocycles. The lowest BCUT2D eigenvalue weighted by atomic mass is 9.96. The first kappa shape index (κ1) is 15.6. The normalized spacial score (nSPS) is 16.1. The van der Waals surface area contributed by atoms with Crippen LogP contribution in [0.5, 0.6) is 0 Å². The van der Waals surface area contributed by atoms with Crippen LogP contribution in [0.15, 0.2) is 78.9 Å². The van der Waals surface area contributed by atoms with Crippen LogP contribution in [0.4, 0.5) is 5.69 Å². The Hall–Kier alpha value is -2.91. The summed E-state index contributed by atoms with van der Waals surface area (Å²) >= 11 is 0. The van der Waals surface area contributed by atoms with Crippen molar-refractivity contribution in [1.82, 2.24) is 0 Å². The van der Waals surface area contributed by atoms with Crippen LogP contribution in [0.2, 0.25) is 0 Å². The Morgan fingerprint density at radius 1 is 0.840 bits per heavy atom. The molecule has 0 aromatic heterocycles. The first-order valence-corrected chi connectivity index (χ1v) is 8.37. The minimum atomic E-state index is -0.617. The number of carbonyl (C=O) groups is 1. The van der Waals surface area contributed by atoms with Crippen molar-refractivity contribution >= 4 is 11.6 Å². The predicted octanol–water partition coefficient (Wildman–Crippen LogP) is 4.59. The molecule has 0 saturated carbocycles. The number of amides is 1. The van der Waals surface area contributed by atoms with Gasteiger partial charge in [-0.1, -0.05) is 72.8 Å². The number of likely N-dealkylation sites (N-methyl/N-ethyl adjacent to an activating group) is 1. The average Bonchev–Trinajstić information content (AvgIpc) is 2.76. The van der Waals surface area contributed by atoms with Gasteiger partial charge in [0.1, 0.15) is 0 Å². The summed E-state index contributed by atoms with van der Waals surface area (Å²) in [5.41, 5.74) is 4.98. The van der Waals surface area contributed by atoms with Gasteiger partial charge in [0.2, 0.25) is 0 Å². The molecule has 0 bridgehead atoms. The van der Waals surface area contributed by atoms with Gasteiger partial charge in [0.15, 0.2) is 6.10 Å². The minimum Gasteiger partial charge on any atom is -0.359 e. The van der Waals surface area contributed by atoms with Gasteiger partial charge in [0.25, 0.3) is 5.91 Å². The largest absolute Gasteiger partial charge is 0.359 e. The van der Waals surface area contributed by atoms with E-state index in [1.807, 2.05) is 73.8 Å². The zero-order chi connectivity index (χ0) is 17.2. The standard InChI is InChI=1S/C22H19NO2/c1-23-20-14-8-7-12-18(20)17-11-5-6-13-19(17)21(22(23)24)25-15-16-9-3-2-4-10-16/h2-14,21H,15H2,1H3. The Balaban J connectivity index is 1.76. The molecular weight excluding hydrogens is 310 g/mol. The van der Waals surface area contributed by atoms with E-state index in [9.17, 15) is 4.79 Å². The molecule has 0 fully saturated rings. The number of fused-ring (bicyclic) bond motifs is 3. The highest BCUT2D eigenvalue weighted by Crippen LogP contribution is 2.40. The van der Waals surface area contributed by atoms with Crippen molar-refractivity contribution in [2.24, 2.45) is 0 Å². The topological polar surface area (TPSA) is 29.5 Å². The molecule has 1 unspecified atom stereocenters. The van der Waals surface area contributed by atoms with Crippen molar-refractivity contribution in [3.05, 3.63) is 90.0 Å². The number of hydrogen-bond acceptors (Lipinski definition) is 2. The fourth-order valence-corrected chi connectivity index (χ4v) is 3.31. The van der Waals surface area contributed by atoms with Crippen LogP contribution < -0.4 is 4.90 Å².